The van der Waals surface area contributed by atoms with Gasteiger partial charge >= 0.3 is 0 Å². The van der Waals surface area contributed by atoms with E-state index >= 15 is 0 Å². The molecule has 0 aliphatic rings. The molecule has 2 heterocycles. The van der Waals surface area contributed by atoms with Gasteiger partial charge in [-0.25, -0.2) is 4.98 Å². The van der Waals surface area contributed by atoms with Gasteiger partial charge in [0.25, 0.3) is 0 Å². The summed E-state index contributed by atoms with van der Waals surface area (Å²) in [6.07, 6.45) is 8.15. The molecular formula is C13H20N4. The van der Waals surface area contributed by atoms with E-state index in [2.05, 4.69) is 45.4 Å². The Labute approximate surface area is 102 Å². The Morgan fingerprint density at radius 2 is 2.00 bits per heavy atom. The fraction of sp³-hybridized carbons (Fsp3) is 0.538. The standard InChI is InChI=1S/C13H20N4/c1-4-13(5-2)17-8-6-12(15-17)10-16-9-7-14-11(16)3/h6-9,13H,4-5,10H2,1-3H3. The maximum Gasteiger partial charge on any atom is 0.105 e. The first kappa shape index (κ1) is 11.9. The van der Waals surface area contributed by atoms with Gasteiger partial charge in [0.2, 0.25) is 0 Å². The van der Waals surface area contributed by atoms with Gasteiger partial charge in [-0.1, -0.05) is 13.8 Å². The van der Waals surface area contributed by atoms with Crippen molar-refractivity contribution in [3.05, 3.63) is 36.2 Å². The van der Waals surface area contributed by atoms with Gasteiger partial charge in [-0.2, -0.15) is 5.10 Å². The van der Waals surface area contributed by atoms with Crippen molar-refractivity contribution in [3.8, 4) is 0 Å². The third-order valence-corrected chi connectivity index (χ3v) is 3.24. The normalized spacial score (nSPS) is 11.3. The quantitative estimate of drug-likeness (QED) is 0.794. The fourth-order valence-corrected chi connectivity index (χ4v) is 2.07. The van der Waals surface area contributed by atoms with Crippen LogP contribution in [0.25, 0.3) is 0 Å². The smallest absolute Gasteiger partial charge is 0.105 e. The molecule has 0 N–H and O–H groups in total. The first-order valence-electron chi connectivity index (χ1n) is 6.26. The molecule has 0 unspecified atom stereocenters. The number of imidazole rings is 1. The first-order valence-corrected chi connectivity index (χ1v) is 6.26. The summed E-state index contributed by atoms with van der Waals surface area (Å²) >= 11 is 0. The Balaban J connectivity index is 2.11. The summed E-state index contributed by atoms with van der Waals surface area (Å²) < 4.78 is 4.20. The summed E-state index contributed by atoms with van der Waals surface area (Å²) in [7, 11) is 0. The van der Waals surface area contributed by atoms with Crippen LogP contribution in [-0.4, -0.2) is 19.3 Å². The highest BCUT2D eigenvalue weighted by Gasteiger charge is 2.08. The van der Waals surface area contributed by atoms with Gasteiger partial charge in [0.15, 0.2) is 0 Å². The molecule has 17 heavy (non-hydrogen) atoms. The summed E-state index contributed by atoms with van der Waals surface area (Å²) in [6.45, 7) is 7.22. The Hall–Kier alpha value is -1.58. The van der Waals surface area contributed by atoms with Gasteiger partial charge in [0.05, 0.1) is 18.3 Å². The summed E-state index contributed by atoms with van der Waals surface area (Å²) in [6, 6.07) is 2.62. The van der Waals surface area contributed by atoms with E-state index in [4.69, 9.17) is 0 Å². The molecule has 0 fully saturated rings. The first-order chi connectivity index (χ1) is 8.24. The second-order valence-corrected chi connectivity index (χ2v) is 4.36. The summed E-state index contributed by atoms with van der Waals surface area (Å²) in [5, 5.41) is 4.64. The van der Waals surface area contributed by atoms with Crippen LogP contribution in [0.3, 0.4) is 0 Å². The molecule has 0 aromatic carbocycles. The fourth-order valence-electron chi connectivity index (χ4n) is 2.07. The van der Waals surface area contributed by atoms with Crippen LogP contribution in [0.1, 0.15) is 44.2 Å². The van der Waals surface area contributed by atoms with Crippen molar-refractivity contribution >= 4 is 0 Å². The SMILES string of the molecule is CCC(CC)n1ccc(Cn2ccnc2C)n1. The summed E-state index contributed by atoms with van der Waals surface area (Å²) in [5.41, 5.74) is 1.10. The molecule has 2 rings (SSSR count). The zero-order valence-corrected chi connectivity index (χ0v) is 10.8. The second-order valence-electron chi connectivity index (χ2n) is 4.36. The lowest BCUT2D eigenvalue weighted by molar-refractivity contribution is 0.424. The van der Waals surface area contributed by atoms with E-state index in [0.29, 0.717) is 6.04 Å². The summed E-state index contributed by atoms with van der Waals surface area (Å²) in [5.74, 6) is 1.03. The molecule has 4 heteroatoms. The molecular weight excluding hydrogens is 212 g/mol. The minimum atomic E-state index is 0.521. The molecule has 2 aromatic heterocycles. The number of rotatable bonds is 5. The highest BCUT2D eigenvalue weighted by Crippen LogP contribution is 2.15. The molecule has 92 valence electrons. The molecule has 0 atom stereocenters. The van der Waals surface area contributed by atoms with Crippen LogP contribution >= 0.6 is 0 Å². The van der Waals surface area contributed by atoms with Crippen molar-refractivity contribution in [1.82, 2.24) is 19.3 Å². The molecule has 0 aliphatic carbocycles. The van der Waals surface area contributed by atoms with Crippen molar-refractivity contribution in [2.75, 3.05) is 0 Å². The largest absolute Gasteiger partial charge is 0.329 e. The zero-order valence-electron chi connectivity index (χ0n) is 10.8. The third kappa shape index (κ3) is 2.57. The Morgan fingerprint density at radius 1 is 1.24 bits per heavy atom. The van der Waals surface area contributed by atoms with Gasteiger partial charge in [0.1, 0.15) is 5.82 Å². The van der Waals surface area contributed by atoms with E-state index in [9.17, 15) is 0 Å². The van der Waals surface area contributed by atoms with Crippen LogP contribution in [0.4, 0.5) is 0 Å². The number of hydrogen-bond acceptors (Lipinski definition) is 2. The average Bonchev–Trinajstić information content (AvgIpc) is 2.92. The van der Waals surface area contributed by atoms with Gasteiger partial charge in [0, 0.05) is 18.6 Å². The van der Waals surface area contributed by atoms with Crippen LogP contribution in [-0.2, 0) is 6.54 Å². The number of aryl methyl sites for hydroxylation is 1. The molecule has 4 nitrogen and oxygen atoms in total. The number of aromatic nitrogens is 4. The number of nitrogens with zero attached hydrogens (tertiary/aromatic N) is 4. The molecule has 0 spiro atoms. The van der Waals surface area contributed by atoms with E-state index < -0.39 is 0 Å². The van der Waals surface area contributed by atoms with E-state index in [1.54, 1.807) is 0 Å². The van der Waals surface area contributed by atoms with Crippen LogP contribution in [0.5, 0.6) is 0 Å². The molecule has 0 radical (unpaired) electrons. The van der Waals surface area contributed by atoms with Crippen LogP contribution < -0.4 is 0 Å². The van der Waals surface area contributed by atoms with E-state index in [0.717, 1.165) is 30.9 Å². The molecule has 2 aromatic rings. The maximum absolute atomic E-state index is 4.64. The topological polar surface area (TPSA) is 35.6 Å². The predicted molar refractivity (Wildman–Crippen MR) is 67.9 cm³/mol. The Morgan fingerprint density at radius 3 is 2.59 bits per heavy atom. The van der Waals surface area contributed by atoms with Crippen molar-refractivity contribution in [2.45, 2.75) is 46.2 Å². The molecule has 0 aliphatic heterocycles. The third-order valence-electron chi connectivity index (χ3n) is 3.24. The minimum absolute atomic E-state index is 0.521. The lowest BCUT2D eigenvalue weighted by Gasteiger charge is -2.12. The van der Waals surface area contributed by atoms with Crippen molar-refractivity contribution < 1.29 is 0 Å². The monoisotopic (exact) mass is 232 g/mol. The lowest BCUT2D eigenvalue weighted by atomic mass is 10.2. The lowest BCUT2D eigenvalue weighted by Crippen LogP contribution is -2.09. The highest BCUT2D eigenvalue weighted by molar-refractivity contribution is 5.03. The Kier molecular flexibility index (Phi) is 3.61. The van der Waals surface area contributed by atoms with Crippen LogP contribution in [0.15, 0.2) is 24.7 Å². The van der Waals surface area contributed by atoms with Crippen LogP contribution in [0, 0.1) is 6.92 Å². The molecule has 0 bridgehead atoms. The van der Waals surface area contributed by atoms with Crippen LogP contribution in [0.2, 0.25) is 0 Å². The van der Waals surface area contributed by atoms with Crippen molar-refractivity contribution in [2.24, 2.45) is 0 Å². The molecule has 0 saturated carbocycles. The van der Waals surface area contributed by atoms with Crippen molar-refractivity contribution in [3.63, 3.8) is 0 Å². The summed E-state index contributed by atoms with van der Waals surface area (Å²) in [4.78, 5) is 4.22. The number of hydrogen-bond donors (Lipinski definition) is 0. The zero-order chi connectivity index (χ0) is 12.3. The van der Waals surface area contributed by atoms with E-state index in [1.807, 2.05) is 19.3 Å². The predicted octanol–water partition coefficient (Wildman–Crippen LogP) is 2.80. The minimum Gasteiger partial charge on any atom is -0.329 e. The molecule has 0 saturated heterocycles. The molecule has 0 amide bonds. The maximum atomic E-state index is 4.64. The van der Waals surface area contributed by atoms with Crippen molar-refractivity contribution in [1.29, 1.82) is 0 Å². The average molecular weight is 232 g/mol. The van der Waals surface area contributed by atoms with E-state index in [1.165, 1.54) is 0 Å². The Bertz CT molecular complexity index is 465. The van der Waals surface area contributed by atoms with E-state index in [-0.39, 0.29) is 0 Å². The highest BCUT2D eigenvalue weighted by atomic mass is 15.3. The second kappa shape index (κ2) is 5.17. The van der Waals surface area contributed by atoms with Gasteiger partial charge < -0.3 is 4.57 Å². The van der Waals surface area contributed by atoms with Gasteiger partial charge in [-0.15, -0.1) is 0 Å². The van der Waals surface area contributed by atoms with Gasteiger partial charge in [-0.05, 0) is 25.8 Å². The van der Waals surface area contributed by atoms with Gasteiger partial charge in [-0.3, -0.25) is 4.68 Å².